The second-order valence-electron chi connectivity index (χ2n) is 3.68. The number of carbonyl (C=O) groups excluding carboxylic acids is 1. The van der Waals surface area contributed by atoms with Crippen molar-refractivity contribution >= 4 is 11.9 Å². The Balaban J connectivity index is 2.11. The minimum atomic E-state index is -0.486. The third-order valence-electron chi connectivity index (χ3n) is 2.56. The van der Waals surface area contributed by atoms with Crippen molar-refractivity contribution in [1.29, 1.82) is 0 Å². The number of nitrogens with zero attached hydrogens (tertiary/aromatic N) is 3. The SMILES string of the molecule is NC(=O)c1cnc(N2CCCCC2)nc1. The topological polar surface area (TPSA) is 72.1 Å². The summed E-state index contributed by atoms with van der Waals surface area (Å²) in [5.41, 5.74) is 5.47. The Morgan fingerprint density at radius 3 is 2.33 bits per heavy atom. The first-order valence-corrected chi connectivity index (χ1v) is 5.14. The van der Waals surface area contributed by atoms with Gasteiger partial charge in [-0.05, 0) is 19.3 Å². The Labute approximate surface area is 88.3 Å². The van der Waals surface area contributed by atoms with Crippen molar-refractivity contribution in [2.24, 2.45) is 5.73 Å². The van der Waals surface area contributed by atoms with Crippen LogP contribution in [0.1, 0.15) is 29.6 Å². The molecule has 0 bridgehead atoms. The summed E-state index contributed by atoms with van der Waals surface area (Å²) in [6, 6.07) is 0. The van der Waals surface area contributed by atoms with Crippen molar-refractivity contribution in [3.63, 3.8) is 0 Å². The first-order valence-electron chi connectivity index (χ1n) is 5.14. The Bertz CT molecular complexity index is 343. The average molecular weight is 206 g/mol. The van der Waals surface area contributed by atoms with Crippen molar-refractivity contribution in [3.05, 3.63) is 18.0 Å². The number of piperidine rings is 1. The predicted molar refractivity (Wildman–Crippen MR) is 56.6 cm³/mol. The Kier molecular flexibility index (Phi) is 2.80. The van der Waals surface area contributed by atoms with Crippen molar-refractivity contribution in [1.82, 2.24) is 9.97 Å². The largest absolute Gasteiger partial charge is 0.366 e. The summed E-state index contributed by atoms with van der Waals surface area (Å²) in [5, 5.41) is 0. The normalized spacial score (nSPS) is 16.4. The molecule has 1 aromatic heterocycles. The van der Waals surface area contributed by atoms with E-state index in [9.17, 15) is 4.79 Å². The fraction of sp³-hybridized carbons (Fsp3) is 0.500. The first-order chi connectivity index (χ1) is 7.27. The number of carbonyl (C=O) groups is 1. The van der Waals surface area contributed by atoms with Crippen LogP contribution < -0.4 is 10.6 Å². The summed E-state index contributed by atoms with van der Waals surface area (Å²) in [7, 11) is 0. The van der Waals surface area contributed by atoms with E-state index < -0.39 is 5.91 Å². The Morgan fingerprint density at radius 1 is 1.20 bits per heavy atom. The molecule has 5 nitrogen and oxygen atoms in total. The summed E-state index contributed by atoms with van der Waals surface area (Å²) < 4.78 is 0. The fourth-order valence-corrected chi connectivity index (χ4v) is 1.71. The Morgan fingerprint density at radius 2 is 1.80 bits per heavy atom. The molecular formula is C10H14N4O. The van der Waals surface area contributed by atoms with Crippen LogP contribution in [0.25, 0.3) is 0 Å². The lowest BCUT2D eigenvalue weighted by molar-refractivity contribution is 0.0999. The summed E-state index contributed by atoms with van der Waals surface area (Å²) in [5.74, 6) is 0.208. The van der Waals surface area contributed by atoms with Crippen LogP contribution in [-0.2, 0) is 0 Å². The summed E-state index contributed by atoms with van der Waals surface area (Å²) in [6.07, 6.45) is 6.61. The highest BCUT2D eigenvalue weighted by atomic mass is 16.1. The van der Waals surface area contributed by atoms with E-state index in [4.69, 9.17) is 5.73 Å². The van der Waals surface area contributed by atoms with Gasteiger partial charge >= 0.3 is 0 Å². The molecule has 1 amide bonds. The van der Waals surface area contributed by atoms with Crippen LogP contribution >= 0.6 is 0 Å². The standard InChI is InChI=1S/C10H14N4O/c11-9(15)8-6-12-10(13-7-8)14-4-2-1-3-5-14/h6-7H,1-5H2,(H2,11,15). The van der Waals surface area contributed by atoms with Gasteiger partial charge in [0.15, 0.2) is 0 Å². The van der Waals surface area contributed by atoms with Crippen molar-refractivity contribution in [2.45, 2.75) is 19.3 Å². The lowest BCUT2D eigenvalue weighted by Crippen LogP contribution is -2.31. The van der Waals surface area contributed by atoms with Gasteiger partial charge in [0.2, 0.25) is 5.95 Å². The molecule has 0 spiro atoms. The predicted octanol–water partition coefficient (Wildman–Crippen LogP) is 0.566. The highest BCUT2D eigenvalue weighted by molar-refractivity contribution is 5.92. The monoisotopic (exact) mass is 206 g/mol. The van der Waals surface area contributed by atoms with E-state index >= 15 is 0 Å². The van der Waals surface area contributed by atoms with Gasteiger partial charge in [-0.25, -0.2) is 9.97 Å². The van der Waals surface area contributed by atoms with Crippen LogP contribution in [0.5, 0.6) is 0 Å². The van der Waals surface area contributed by atoms with Gasteiger partial charge in [0.1, 0.15) is 0 Å². The molecule has 5 heteroatoms. The van der Waals surface area contributed by atoms with E-state index in [-0.39, 0.29) is 0 Å². The smallest absolute Gasteiger partial charge is 0.251 e. The van der Waals surface area contributed by atoms with Crippen molar-refractivity contribution < 1.29 is 4.79 Å². The molecule has 2 heterocycles. The van der Waals surface area contributed by atoms with Crippen LogP contribution in [-0.4, -0.2) is 29.0 Å². The van der Waals surface area contributed by atoms with Gasteiger partial charge in [0.25, 0.3) is 5.91 Å². The van der Waals surface area contributed by atoms with Gasteiger partial charge in [0.05, 0.1) is 5.56 Å². The maximum Gasteiger partial charge on any atom is 0.251 e. The number of aromatic nitrogens is 2. The lowest BCUT2D eigenvalue weighted by atomic mass is 10.1. The second kappa shape index (κ2) is 4.25. The molecule has 0 unspecified atom stereocenters. The van der Waals surface area contributed by atoms with Gasteiger partial charge in [0, 0.05) is 25.5 Å². The molecule has 1 saturated heterocycles. The molecule has 0 aromatic carbocycles. The van der Waals surface area contributed by atoms with E-state index in [1.54, 1.807) is 0 Å². The quantitative estimate of drug-likeness (QED) is 0.767. The maximum absolute atomic E-state index is 10.8. The van der Waals surface area contributed by atoms with Crippen LogP contribution in [0.15, 0.2) is 12.4 Å². The molecule has 0 radical (unpaired) electrons. The van der Waals surface area contributed by atoms with E-state index in [0.717, 1.165) is 13.1 Å². The minimum absolute atomic E-state index is 0.357. The van der Waals surface area contributed by atoms with Gasteiger partial charge in [-0.2, -0.15) is 0 Å². The molecule has 0 atom stereocenters. The van der Waals surface area contributed by atoms with E-state index in [0.29, 0.717) is 11.5 Å². The zero-order chi connectivity index (χ0) is 10.7. The highest BCUT2D eigenvalue weighted by Crippen LogP contribution is 2.14. The average Bonchev–Trinajstić information content (AvgIpc) is 2.30. The summed E-state index contributed by atoms with van der Waals surface area (Å²) in [4.78, 5) is 21.2. The highest BCUT2D eigenvalue weighted by Gasteiger charge is 2.13. The number of nitrogens with two attached hydrogens (primary N) is 1. The number of hydrogen-bond donors (Lipinski definition) is 1. The third kappa shape index (κ3) is 2.23. The van der Waals surface area contributed by atoms with Crippen LogP contribution in [0, 0.1) is 0 Å². The van der Waals surface area contributed by atoms with Crippen LogP contribution in [0.2, 0.25) is 0 Å². The zero-order valence-electron chi connectivity index (χ0n) is 8.52. The van der Waals surface area contributed by atoms with E-state index in [1.165, 1.54) is 31.7 Å². The molecule has 2 rings (SSSR count). The number of anilines is 1. The van der Waals surface area contributed by atoms with Gasteiger partial charge in [-0.15, -0.1) is 0 Å². The number of amides is 1. The van der Waals surface area contributed by atoms with Gasteiger partial charge in [-0.3, -0.25) is 4.79 Å². The fourth-order valence-electron chi connectivity index (χ4n) is 1.71. The molecule has 1 aromatic rings. The van der Waals surface area contributed by atoms with Crippen LogP contribution in [0.3, 0.4) is 0 Å². The van der Waals surface area contributed by atoms with E-state index in [1.807, 2.05) is 0 Å². The number of rotatable bonds is 2. The molecule has 1 fully saturated rings. The summed E-state index contributed by atoms with van der Waals surface area (Å²) >= 11 is 0. The minimum Gasteiger partial charge on any atom is -0.366 e. The molecule has 1 aliphatic heterocycles. The number of primary amides is 1. The maximum atomic E-state index is 10.8. The lowest BCUT2D eigenvalue weighted by Gasteiger charge is -2.26. The van der Waals surface area contributed by atoms with E-state index in [2.05, 4.69) is 14.9 Å². The molecule has 1 aliphatic rings. The zero-order valence-corrected chi connectivity index (χ0v) is 8.52. The first kappa shape index (κ1) is 9.89. The second-order valence-corrected chi connectivity index (χ2v) is 3.68. The van der Waals surface area contributed by atoms with Crippen LogP contribution in [0.4, 0.5) is 5.95 Å². The Hall–Kier alpha value is -1.65. The van der Waals surface area contributed by atoms with Gasteiger partial charge < -0.3 is 10.6 Å². The van der Waals surface area contributed by atoms with Crippen molar-refractivity contribution in [2.75, 3.05) is 18.0 Å². The van der Waals surface area contributed by atoms with Crippen molar-refractivity contribution in [3.8, 4) is 0 Å². The molecule has 2 N–H and O–H groups in total. The molecular weight excluding hydrogens is 192 g/mol. The van der Waals surface area contributed by atoms with Gasteiger partial charge in [-0.1, -0.05) is 0 Å². The molecule has 0 saturated carbocycles. The molecule has 0 aliphatic carbocycles. The third-order valence-corrected chi connectivity index (χ3v) is 2.56. The summed E-state index contributed by atoms with van der Waals surface area (Å²) in [6.45, 7) is 1.99. The molecule has 15 heavy (non-hydrogen) atoms. The number of hydrogen-bond acceptors (Lipinski definition) is 4. The molecule has 80 valence electrons.